The molecule has 2 radical (unpaired) electrons. The topological polar surface area (TPSA) is 90.9 Å². The number of ether oxygens (including phenoxy) is 1. The molecule has 0 amide bonds. The molecule has 0 aromatic carbocycles. The molecule has 0 bridgehead atoms. The van der Waals surface area contributed by atoms with Crippen LogP contribution in [0.4, 0.5) is 0 Å². The molecule has 1 aliphatic rings. The van der Waals surface area contributed by atoms with Gasteiger partial charge in [-0.25, -0.2) is 0 Å². The van der Waals surface area contributed by atoms with Gasteiger partial charge >= 0.3 is 50.5 Å². The van der Waals surface area contributed by atoms with Crippen LogP contribution in [0, 0.1) is 5.92 Å². The van der Waals surface area contributed by atoms with E-state index in [1.54, 1.807) is 21.3 Å². The summed E-state index contributed by atoms with van der Waals surface area (Å²) in [7, 11) is -5.79. The fraction of sp³-hybridized carbons (Fsp3) is 0.933. The van der Waals surface area contributed by atoms with Gasteiger partial charge in [-0.1, -0.05) is 6.92 Å². The van der Waals surface area contributed by atoms with E-state index in [-0.39, 0.29) is 18.5 Å². The van der Waals surface area contributed by atoms with Crippen molar-refractivity contribution >= 4 is 50.5 Å². The second-order valence-electron chi connectivity index (χ2n) is 7.60. The molecular formula is C15H36O9Si5. The Hall–Kier alpha value is 0.274. The number of rotatable bonds is 10. The van der Waals surface area contributed by atoms with Gasteiger partial charge in [0.25, 0.3) is 0 Å². The minimum absolute atomic E-state index is 0.265. The minimum atomic E-state index is -2.64. The largest absolute Gasteiger partial charge is 0.500 e. The predicted molar refractivity (Wildman–Crippen MR) is 118 cm³/mol. The van der Waals surface area contributed by atoms with Gasteiger partial charge in [0.1, 0.15) is 0 Å². The molecule has 0 aromatic rings. The van der Waals surface area contributed by atoms with Crippen molar-refractivity contribution < 1.29 is 39.3 Å². The molecule has 14 heteroatoms. The van der Waals surface area contributed by atoms with E-state index in [2.05, 4.69) is 0 Å². The van der Waals surface area contributed by atoms with Crippen molar-refractivity contribution in [3.63, 3.8) is 0 Å². The normalized spacial score (nSPS) is 22.0. The molecule has 1 fully saturated rings. The average molecular weight is 501 g/mol. The van der Waals surface area contributed by atoms with E-state index >= 15 is 0 Å². The van der Waals surface area contributed by atoms with Crippen LogP contribution in [0.25, 0.3) is 0 Å². The van der Waals surface area contributed by atoms with Crippen LogP contribution in [-0.2, 0) is 39.3 Å². The van der Waals surface area contributed by atoms with E-state index in [0.717, 1.165) is 0 Å². The molecule has 1 rings (SSSR count). The summed E-state index contributed by atoms with van der Waals surface area (Å²) in [5.74, 6) is -0.603. The Bertz CT molecular complexity index is 496. The third-order valence-corrected chi connectivity index (χ3v) is 20.6. The van der Waals surface area contributed by atoms with Crippen LogP contribution in [0.1, 0.15) is 13.3 Å². The summed E-state index contributed by atoms with van der Waals surface area (Å²) in [6.07, 6.45) is 0.605. The maximum Gasteiger partial charge on any atom is 0.500 e. The molecule has 0 saturated carbocycles. The molecule has 0 aromatic heterocycles. The van der Waals surface area contributed by atoms with Crippen molar-refractivity contribution in [3.8, 4) is 0 Å². The SMILES string of the molecule is CO[Si](CCCOC(=O)C(C)C[Si]1(C)O[Si](C)O[Si](C)(C)O[Si](C)O1)(OC)OC. The zero-order valence-corrected chi connectivity index (χ0v) is 24.1. The zero-order chi connectivity index (χ0) is 22.3. The Kier molecular flexibility index (Phi) is 11.1. The van der Waals surface area contributed by atoms with Gasteiger partial charge in [-0.3, -0.25) is 4.79 Å². The Labute approximate surface area is 181 Å². The summed E-state index contributed by atoms with van der Waals surface area (Å²) < 4.78 is 46.2. The molecule has 1 aliphatic heterocycles. The lowest BCUT2D eigenvalue weighted by molar-refractivity contribution is -0.147. The number of carbonyl (C=O) groups is 1. The quantitative estimate of drug-likeness (QED) is 0.255. The highest BCUT2D eigenvalue weighted by atomic mass is 28.5. The highest BCUT2D eigenvalue weighted by Gasteiger charge is 2.46. The minimum Gasteiger partial charge on any atom is -0.465 e. The van der Waals surface area contributed by atoms with Crippen LogP contribution in [0.5, 0.6) is 0 Å². The van der Waals surface area contributed by atoms with Gasteiger partial charge in [-0.15, -0.1) is 0 Å². The van der Waals surface area contributed by atoms with Gasteiger partial charge in [0.15, 0.2) is 0 Å². The van der Waals surface area contributed by atoms with E-state index in [1.165, 1.54) is 0 Å². The van der Waals surface area contributed by atoms with E-state index < -0.39 is 44.5 Å². The summed E-state index contributed by atoms with van der Waals surface area (Å²) >= 11 is 0. The van der Waals surface area contributed by atoms with Crippen molar-refractivity contribution in [3.05, 3.63) is 0 Å². The summed E-state index contributed by atoms with van der Waals surface area (Å²) in [4.78, 5) is 12.5. The van der Waals surface area contributed by atoms with Gasteiger partial charge in [0.05, 0.1) is 12.5 Å². The summed E-state index contributed by atoms with van der Waals surface area (Å²) in [6.45, 7) is 12.0. The molecular weight excluding hydrogens is 465 g/mol. The predicted octanol–water partition coefficient (Wildman–Crippen LogP) is 2.52. The van der Waals surface area contributed by atoms with E-state index in [4.69, 9.17) is 34.5 Å². The standard InChI is InChI=1S/C15H36O9Si5/c1-14(15(16)20-11-10-12-29(17-2,18-3)19-4)13-28(9)23-25(5)21-27(7,8)22-26(6)24-28/h14H,10-13H2,1-9H3. The van der Waals surface area contributed by atoms with Gasteiger partial charge in [0, 0.05) is 33.4 Å². The zero-order valence-electron chi connectivity index (χ0n) is 19.1. The number of carbonyl (C=O) groups excluding carboxylic acids is 1. The highest BCUT2D eigenvalue weighted by molar-refractivity contribution is 6.85. The van der Waals surface area contributed by atoms with Crippen molar-refractivity contribution in [1.29, 1.82) is 0 Å². The maximum absolute atomic E-state index is 12.5. The third kappa shape index (κ3) is 9.12. The molecule has 170 valence electrons. The summed E-state index contributed by atoms with van der Waals surface area (Å²) in [5.41, 5.74) is 0. The summed E-state index contributed by atoms with van der Waals surface area (Å²) in [5, 5.41) is 0. The molecule has 29 heavy (non-hydrogen) atoms. The molecule has 9 nitrogen and oxygen atoms in total. The van der Waals surface area contributed by atoms with Gasteiger partial charge in [-0.05, 0) is 39.2 Å². The van der Waals surface area contributed by atoms with E-state index in [1.807, 2.05) is 39.7 Å². The number of hydrogen-bond donors (Lipinski definition) is 0. The first kappa shape index (κ1) is 27.3. The lowest BCUT2D eigenvalue weighted by atomic mass is 10.2. The van der Waals surface area contributed by atoms with Crippen LogP contribution >= 0.6 is 0 Å². The Morgan fingerprint density at radius 3 is 1.90 bits per heavy atom. The third-order valence-electron chi connectivity index (χ3n) is 4.38. The Morgan fingerprint density at radius 1 is 0.966 bits per heavy atom. The van der Waals surface area contributed by atoms with Crippen LogP contribution in [-0.4, -0.2) is 78.4 Å². The second-order valence-corrected chi connectivity index (χ2v) is 21.4. The lowest BCUT2D eigenvalue weighted by Crippen LogP contribution is -2.57. The number of hydrogen-bond acceptors (Lipinski definition) is 9. The fourth-order valence-corrected chi connectivity index (χ4v) is 19.5. The lowest BCUT2D eigenvalue weighted by Gasteiger charge is -2.39. The maximum atomic E-state index is 12.5. The molecule has 0 aliphatic carbocycles. The molecule has 1 heterocycles. The second kappa shape index (κ2) is 11.8. The fourth-order valence-electron chi connectivity index (χ4n) is 3.27. The van der Waals surface area contributed by atoms with Crippen molar-refractivity contribution in [2.75, 3.05) is 27.9 Å². The van der Waals surface area contributed by atoms with Crippen molar-refractivity contribution in [2.24, 2.45) is 5.92 Å². The number of esters is 1. The van der Waals surface area contributed by atoms with Crippen LogP contribution in [0.3, 0.4) is 0 Å². The van der Waals surface area contributed by atoms with E-state index in [0.29, 0.717) is 18.5 Å². The van der Waals surface area contributed by atoms with Crippen LogP contribution in [0.2, 0.25) is 44.8 Å². The van der Waals surface area contributed by atoms with Crippen LogP contribution < -0.4 is 0 Å². The average Bonchev–Trinajstić information content (AvgIpc) is 2.59. The molecule has 1 atom stereocenters. The first-order valence-electron chi connectivity index (χ1n) is 9.65. The monoisotopic (exact) mass is 500 g/mol. The highest BCUT2D eigenvalue weighted by Crippen LogP contribution is 2.27. The first-order valence-corrected chi connectivity index (χ1v) is 20.6. The summed E-state index contributed by atoms with van der Waals surface area (Å²) in [6, 6.07) is 1.08. The van der Waals surface area contributed by atoms with Gasteiger partial charge < -0.3 is 34.5 Å². The molecule has 1 unspecified atom stereocenters. The van der Waals surface area contributed by atoms with Crippen molar-refractivity contribution in [2.45, 2.75) is 58.2 Å². The van der Waals surface area contributed by atoms with Crippen molar-refractivity contribution in [1.82, 2.24) is 0 Å². The first-order chi connectivity index (χ1) is 13.4. The molecule has 0 spiro atoms. The van der Waals surface area contributed by atoms with Crippen LogP contribution in [0.15, 0.2) is 0 Å². The molecule has 1 saturated heterocycles. The Balaban J connectivity index is 2.56. The van der Waals surface area contributed by atoms with Gasteiger partial charge in [0.2, 0.25) is 0 Å². The smallest absolute Gasteiger partial charge is 0.465 e. The van der Waals surface area contributed by atoms with E-state index in [9.17, 15) is 4.79 Å². The van der Waals surface area contributed by atoms with Gasteiger partial charge in [-0.2, -0.15) is 0 Å². The Morgan fingerprint density at radius 2 is 1.45 bits per heavy atom. The molecule has 0 N–H and O–H groups in total.